The quantitative estimate of drug-likeness (QED) is 0.626. The Morgan fingerprint density at radius 2 is 1.17 bits per heavy atom. The molecule has 116 valence electrons. The summed E-state index contributed by atoms with van der Waals surface area (Å²) in [7, 11) is -1.30. The van der Waals surface area contributed by atoms with Crippen molar-refractivity contribution in [1.29, 1.82) is 0 Å². The number of hydrogen-bond acceptors (Lipinski definition) is 0. The molecular weight excluding hydrogens is 292 g/mol. The first-order chi connectivity index (χ1) is 11.3. The van der Waals surface area contributed by atoms with E-state index in [4.69, 9.17) is 0 Å². The van der Waals surface area contributed by atoms with Crippen LogP contribution in [0.2, 0.25) is 0 Å². The molecule has 0 aromatic heterocycles. The Hall–Kier alpha value is -2.12. The highest BCUT2D eigenvalue weighted by atomic mass is 28.3. The van der Waals surface area contributed by atoms with Crippen LogP contribution in [0, 0.1) is 0 Å². The molecule has 0 aliphatic heterocycles. The van der Waals surface area contributed by atoms with Crippen molar-refractivity contribution < 1.29 is 0 Å². The molecule has 3 rings (SSSR count). The van der Waals surface area contributed by atoms with Gasteiger partial charge in [0.05, 0.1) is 0 Å². The van der Waals surface area contributed by atoms with E-state index in [0.717, 1.165) is 6.42 Å². The van der Waals surface area contributed by atoms with Crippen LogP contribution in [0.5, 0.6) is 0 Å². The molecule has 0 aliphatic carbocycles. The van der Waals surface area contributed by atoms with Crippen molar-refractivity contribution in [2.24, 2.45) is 0 Å². The second-order valence-electron chi connectivity index (χ2n) is 6.18. The van der Waals surface area contributed by atoms with Gasteiger partial charge in [0.15, 0.2) is 0 Å². The van der Waals surface area contributed by atoms with Crippen molar-refractivity contribution in [1.82, 2.24) is 0 Å². The standard InChI is InChI=1S/C22H24Si/c1-3-19-14-16-20(17-15-19)18(2)23(21-10-6-4-7-11-21)22-12-8-5-9-13-22/h4-18,23H,3H2,1-2H3. The minimum Gasteiger partial charge on any atom is -0.0629 e. The average Bonchev–Trinajstić information content (AvgIpc) is 2.64. The largest absolute Gasteiger partial charge is 0.110 e. The monoisotopic (exact) mass is 316 g/mol. The normalized spacial score (nSPS) is 12.3. The van der Waals surface area contributed by atoms with Crippen LogP contribution in [0.4, 0.5) is 0 Å². The molecule has 0 fully saturated rings. The third-order valence-corrected chi connectivity index (χ3v) is 8.32. The van der Waals surface area contributed by atoms with E-state index in [1.54, 1.807) is 0 Å². The van der Waals surface area contributed by atoms with E-state index in [-0.39, 0.29) is 0 Å². The Kier molecular flexibility index (Phi) is 5.09. The van der Waals surface area contributed by atoms with Crippen LogP contribution in [0.3, 0.4) is 0 Å². The van der Waals surface area contributed by atoms with Crippen LogP contribution >= 0.6 is 0 Å². The SMILES string of the molecule is CCc1ccc(C(C)[SiH](c2ccccc2)c2ccccc2)cc1. The highest BCUT2D eigenvalue weighted by Gasteiger charge is 2.24. The maximum absolute atomic E-state index is 2.40. The highest BCUT2D eigenvalue weighted by Crippen LogP contribution is 2.19. The minimum absolute atomic E-state index is 0.575. The zero-order valence-electron chi connectivity index (χ0n) is 13.9. The summed E-state index contributed by atoms with van der Waals surface area (Å²) in [5, 5.41) is 3.04. The van der Waals surface area contributed by atoms with Crippen LogP contribution in [0.15, 0.2) is 84.9 Å². The second-order valence-corrected chi connectivity index (χ2v) is 9.47. The lowest BCUT2D eigenvalue weighted by Gasteiger charge is -2.24. The van der Waals surface area contributed by atoms with Gasteiger partial charge in [0.25, 0.3) is 0 Å². The van der Waals surface area contributed by atoms with Gasteiger partial charge in [-0.05, 0) is 23.1 Å². The summed E-state index contributed by atoms with van der Waals surface area (Å²) in [6, 6.07) is 31.4. The number of benzene rings is 3. The Labute approximate surface area is 141 Å². The summed E-state index contributed by atoms with van der Waals surface area (Å²) >= 11 is 0. The lowest BCUT2D eigenvalue weighted by molar-refractivity contribution is 1.05. The van der Waals surface area contributed by atoms with Crippen molar-refractivity contribution in [2.75, 3.05) is 0 Å². The van der Waals surface area contributed by atoms with Gasteiger partial charge in [0, 0.05) is 0 Å². The van der Waals surface area contributed by atoms with Gasteiger partial charge < -0.3 is 0 Å². The van der Waals surface area contributed by atoms with Gasteiger partial charge in [-0.3, -0.25) is 0 Å². The van der Waals surface area contributed by atoms with Gasteiger partial charge in [-0.2, -0.15) is 0 Å². The third-order valence-electron chi connectivity index (χ3n) is 4.73. The topological polar surface area (TPSA) is 0 Å². The van der Waals surface area contributed by atoms with Crippen LogP contribution in [-0.4, -0.2) is 8.80 Å². The minimum atomic E-state index is -1.30. The first-order valence-electron chi connectivity index (χ1n) is 8.48. The van der Waals surface area contributed by atoms with Gasteiger partial charge in [0.1, 0.15) is 8.80 Å². The molecular formula is C22H24Si. The van der Waals surface area contributed by atoms with Crippen LogP contribution in [-0.2, 0) is 6.42 Å². The highest BCUT2D eigenvalue weighted by molar-refractivity contribution is 6.86. The van der Waals surface area contributed by atoms with Crippen LogP contribution in [0.1, 0.15) is 30.5 Å². The van der Waals surface area contributed by atoms with E-state index in [9.17, 15) is 0 Å². The van der Waals surface area contributed by atoms with E-state index in [1.165, 1.54) is 21.5 Å². The molecule has 1 heteroatoms. The van der Waals surface area contributed by atoms with Crippen molar-refractivity contribution in [3.8, 4) is 0 Å². The molecule has 1 atom stereocenters. The summed E-state index contributed by atoms with van der Waals surface area (Å²) in [5.74, 6) is 0. The third kappa shape index (κ3) is 3.62. The lowest BCUT2D eigenvalue weighted by atomic mass is 10.1. The molecule has 0 aliphatic rings. The van der Waals surface area contributed by atoms with Crippen LogP contribution < -0.4 is 10.4 Å². The van der Waals surface area contributed by atoms with Crippen LogP contribution in [0.25, 0.3) is 0 Å². The molecule has 3 aromatic carbocycles. The molecule has 0 heterocycles. The molecule has 0 spiro atoms. The smallest absolute Gasteiger partial charge is 0.0629 e. The van der Waals surface area contributed by atoms with Crippen molar-refractivity contribution >= 4 is 19.2 Å². The number of hydrogen-bond donors (Lipinski definition) is 0. The van der Waals surface area contributed by atoms with E-state index in [1.807, 2.05) is 0 Å². The van der Waals surface area contributed by atoms with Gasteiger partial charge in [-0.15, -0.1) is 0 Å². The summed E-state index contributed by atoms with van der Waals surface area (Å²) in [6.45, 7) is 4.61. The summed E-state index contributed by atoms with van der Waals surface area (Å²) in [4.78, 5) is 0. The molecule has 0 N–H and O–H groups in total. The van der Waals surface area contributed by atoms with Gasteiger partial charge in [0.2, 0.25) is 0 Å². The zero-order valence-corrected chi connectivity index (χ0v) is 15.1. The molecule has 23 heavy (non-hydrogen) atoms. The molecule has 0 saturated heterocycles. The van der Waals surface area contributed by atoms with E-state index >= 15 is 0 Å². The Morgan fingerprint density at radius 1 is 0.696 bits per heavy atom. The van der Waals surface area contributed by atoms with Crippen molar-refractivity contribution in [3.05, 3.63) is 96.1 Å². The first kappa shape index (κ1) is 15.8. The van der Waals surface area contributed by atoms with E-state index in [0.29, 0.717) is 5.54 Å². The summed E-state index contributed by atoms with van der Waals surface area (Å²) < 4.78 is 0. The average molecular weight is 317 g/mol. The zero-order chi connectivity index (χ0) is 16.1. The molecule has 1 unspecified atom stereocenters. The second kappa shape index (κ2) is 7.43. The maximum atomic E-state index is 2.40. The summed E-state index contributed by atoms with van der Waals surface area (Å²) in [6.07, 6.45) is 1.10. The molecule has 0 radical (unpaired) electrons. The Morgan fingerprint density at radius 3 is 1.61 bits per heavy atom. The lowest BCUT2D eigenvalue weighted by Crippen LogP contribution is -2.46. The predicted octanol–water partition coefficient (Wildman–Crippen LogP) is 3.93. The maximum Gasteiger partial charge on any atom is 0.110 e. The summed E-state index contributed by atoms with van der Waals surface area (Å²) in [5.41, 5.74) is 3.45. The Balaban J connectivity index is 2.00. The molecule has 0 saturated carbocycles. The fourth-order valence-electron chi connectivity index (χ4n) is 3.34. The Bertz CT molecular complexity index is 677. The van der Waals surface area contributed by atoms with Gasteiger partial charge >= 0.3 is 0 Å². The van der Waals surface area contributed by atoms with E-state index in [2.05, 4.69) is 98.8 Å². The fourth-order valence-corrected chi connectivity index (χ4v) is 6.76. The van der Waals surface area contributed by atoms with Gasteiger partial charge in [-0.25, -0.2) is 0 Å². The van der Waals surface area contributed by atoms with Crippen molar-refractivity contribution in [2.45, 2.75) is 25.8 Å². The van der Waals surface area contributed by atoms with Crippen molar-refractivity contribution in [3.63, 3.8) is 0 Å². The van der Waals surface area contributed by atoms with E-state index < -0.39 is 8.80 Å². The predicted molar refractivity (Wildman–Crippen MR) is 104 cm³/mol. The molecule has 3 aromatic rings. The number of aryl methyl sites for hydroxylation is 1. The fraction of sp³-hybridized carbons (Fsp3) is 0.182. The number of rotatable bonds is 5. The molecule has 0 amide bonds. The molecule has 0 bridgehead atoms. The van der Waals surface area contributed by atoms with Gasteiger partial charge in [-0.1, -0.05) is 109 Å². The molecule has 0 nitrogen and oxygen atoms in total. The first-order valence-corrected chi connectivity index (χ1v) is 10.3.